The molecule has 1 heterocycles. The van der Waals surface area contributed by atoms with E-state index in [0.717, 1.165) is 23.3 Å². The van der Waals surface area contributed by atoms with Gasteiger partial charge >= 0.3 is 0 Å². The molecule has 1 aliphatic rings. The molecule has 0 aliphatic heterocycles. The minimum absolute atomic E-state index is 0.671. The van der Waals surface area contributed by atoms with Gasteiger partial charge in [-0.05, 0) is 35.4 Å². The van der Waals surface area contributed by atoms with Crippen LogP contribution in [0.2, 0.25) is 5.02 Å². The lowest BCUT2D eigenvalue weighted by Gasteiger charge is -2.23. The van der Waals surface area contributed by atoms with Gasteiger partial charge in [-0.1, -0.05) is 35.9 Å². The molecule has 16 heavy (non-hydrogen) atoms. The largest absolute Gasteiger partial charge is 0.379 e. The van der Waals surface area contributed by atoms with Gasteiger partial charge in [-0.3, -0.25) is 0 Å². The molecule has 3 heteroatoms. The minimum Gasteiger partial charge on any atom is -0.379 e. The fourth-order valence-corrected chi connectivity index (χ4v) is 3.77. The van der Waals surface area contributed by atoms with Crippen LogP contribution in [-0.2, 0) is 12.0 Å². The summed E-state index contributed by atoms with van der Waals surface area (Å²) in [6.45, 7) is 0. The Labute approximate surface area is 103 Å². The maximum Gasteiger partial charge on any atom is 0.126 e. The van der Waals surface area contributed by atoms with Gasteiger partial charge in [0, 0.05) is 0 Å². The fraction of sp³-hybridized carbons (Fsp3) is 0.231. The van der Waals surface area contributed by atoms with Crippen molar-refractivity contribution in [3.8, 4) is 0 Å². The Morgan fingerprint density at radius 3 is 2.81 bits per heavy atom. The number of fused-ring (bicyclic) bond motifs is 1. The molecular weight excluding hydrogens is 240 g/mol. The third-order valence-electron chi connectivity index (χ3n) is 3.21. The van der Waals surface area contributed by atoms with Crippen LogP contribution in [0.15, 0.2) is 35.7 Å². The molecule has 0 saturated heterocycles. The smallest absolute Gasteiger partial charge is 0.126 e. The van der Waals surface area contributed by atoms with Crippen LogP contribution in [0.1, 0.15) is 22.4 Å². The number of thiophene rings is 1. The molecule has 1 aromatic heterocycles. The predicted octanol–water partition coefficient (Wildman–Crippen LogP) is 3.58. The first-order chi connectivity index (χ1) is 7.72. The molecule has 82 valence electrons. The molecule has 1 unspecified atom stereocenters. The Kier molecular flexibility index (Phi) is 2.32. The van der Waals surface area contributed by atoms with Gasteiger partial charge < -0.3 is 5.11 Å². The van der Waals surface area contributed by atoms with Crippen LogP contribution in [0.3, 0.4) is 0 Å². The topological polar surface area (TPSA) is 20.2 Å². The van der Waals surface area contributed by atoms with Crippen LogP contribution in [-0.4, -0.2) is 5.11 Å². The van der Waals surface area contributed by atoms with E-state index >= 15 is 0 Å². The molecule has 0 bridgehead atoms. The maximum absolute atomic E-state index is 10.8. The van der Waals surface area contributed by atoms with Crippen molar-refractivity contribution in [3.05, 3.63) is 56.7 Å². The first-order valence-electron chi connectivity index (χ1n) is 5.26. The van der Waals surface area contributed by atoms with Crippen LogP contribution >= 0.6 is 22.9 Å². The summed E-state index contributed by atoms with van der Waals surface area (Å²) >= 11 is 7.65. The molecule has 0 spiro atoms. The van der Waals surface area contributed by atoms with Crippen LogP contribution < -0.4 is 0 Å². The average molecular weight is 251 g/mol. The van der Waals surface area contributed by atoms with Crippen LogP contribution in [0.25, 0.3) is 0 Å². The van der Waals surface area contributed by atoms with Crippen molar-refractivity contribution in [2.45, 2.75) is 18.4 Å². The van der Waals surface area contributed by atoms with Gasteiger partial charge in [0.2, 0.25) is 0 Å². The SMILES string of the molecule is OC1(c2sccc2Cl)CCc2ccccc21. The molecule has 3 rings (SSSR count). The zero-order chi connectivity index (χ0) is 11.2. The Bertz CT molecular complexity index is 534. The van der Waals surface area contributed by atoms with Gasteiger partial charge in [-0.25, -0.2) is 0 Å². The highest BCUT2D eigenvalue weighted by atomic mass is 35.5. The molecular formula is C13H11ClOS. The number of aryl methyl sites for hydroxylation is 1. The second-order valence-electron chi connectivity index (χ2n) is 4.12. The van der Waals surface area contributed by atoms with E-state index in [2.05, 4.69) is 6.07 Å². The van der Waals surface area contributed by atoms with E-state index in [0.29, 0.717) is 5.02 Å². The molecule has 0 amide bonds. The summed E-state index contributed by atoms with van der Waals surface area (Å²) < 4.78 is 0. The second-order valence-corrected chi connectivity index (χ2v) is 5.44. The minimum atomic E-state index is -0.873. The highest BCUT2D eigenvalue weighted by Gasteiger charge is 2.40. The Balaban J connectivity index is 2.19. The van der Waals surface area contributed by atoms with Gasteiger partial charge in [0.15, 0.2) is 0 Å². The van der Waals surface area contributed by atoms with Crippen molar-refractivity contribution in [1.82, 2.24) is 0 Å². The molecule has 2 aromatic rings. The van der Waals surface area contributed by atoms with Crippen LogP contribution in [0.5, 0.6) is 0 Å². The molecule has 0 radical (unpaired) electrons. The molecule has 1 nitrogen and oxygen atoms in total. The Morgan fingerprint density at radius 1 is 1.25 bits per heavy atom. The maximum atomic E-state index is 10.8. The first-order valence-corrected chi connectivity index (χ1v) is 6.52. The monoisotopic (exact) mass is 250 g/mol. The van der Waals surface area contributed by atoms with E-state index < -0.39 is 5.60 Å². The van der Waals surface area contributed by atoms with Crippen LogP contribution in [0.4, 0.5) is 0 Å². The highest BCUT2D eigenvalue weighted by molar-refractivity contribution is 7.10. The second kappa shape index (κ2) is 3.59. The summed E-state index contributed by atoms with van der Waals surface area (Å²) in [6, 6.07) is 9.91. The quantitative estimate of drug-likeness (QED) is 0.820. The average Bonchev–Trinajstić information content (AvgIpc) is 2.86. The predicted molar refractivity (Wildman–Crippen MR) is 67.1 cm³/mol. The summed E-state index contributed by atoms with van der Waals surface area (Å²) in [5.74, 6) is 0. The molecule has 1 aliphatic carbocycles. The number of benzene rings is 1. The summed E-state index contributed by atoms with van der Waals surface area (Å²) in [6.07, 6.45) is 1.65. The lowest BCUT2D eigenvalue weighted by molar-refractivity contribution is 0.0869. The summed E-state index contributed by atoms with van der Waals surface area (Å²) in [4.78, 5) is 0.874. The molecule has 1 N–H and O–H groups in total. The van der Waals surface area contributed by atoms with E-state index in [1.165, 1.54) is 16.9 Å². The van der Waals surface area contributed by atoms with Gasteiger partial charge in [0.25, 0.3) is 0 Å². The third kappa shape index (κ3) is 1.34. The Hall–Kier alpha value is -0.830. The molecule has 0 saturated carbocycles. The molecule has 1 atom stereocenters. The number of halogens is 1. The van der Waals surface area contributed by atoms with Gasteiger partial charge in [0.1, 0.15) is 5.60 Å². The van der Waals surface area contributed by atoms with E-state index in [4.69, 9.17) is 11.6 Å². The fourth-order valence-electron chi connectivity index (χ4n) is 2.42. The van der Waals surface area contributed by atoms with Crippen molar-refractivity contribution in [2.75, 3.05) is 0 Å². The molecule has 1 aromatic carbocycles. The Morgan fingerprint density at radius 2 is 2.06 bits per heavy atom. The summed E-state index contributed by atoms with van der Waals surface area (Å²) in [5.41, 5.74) is 1.37. The number of hydrogen-bond donors (Lipinski definition) is 1. The van der Waals surface area contributed by atoms with E-state index in [1.54, 1.807) is 0 Å². The zero-order valence-corrected chi connectivity index (χ0v) is 10.2. The molecule has 0 fully saturated rings. The van der Waals surface area contributed by atoms with E-state index in [-0.39, 0.29) is 0 Å². The standard InChI is InChI=1S/C13H11ClOS/c14-11-6-8-16-12(11)13(15)7-5-9-3-1-2-4-10(9)13/h1-4,6,8,15H,5,7H2. The summed E-state index contributed by atoms with van der Waals surface area (Å²) in [7, 11) is 0. The van der Waals surface area contributed by atoms with Gasteiger partial charge in [-0.15, -0.1) is 11.3 Å². The van der Waals surface area contributed by atoms with Crippen molar-refractivity contribution < 1.29 is 5.11 Å². The first kappa shape index (κ1) is 10.3. The van der Waals surface area contributed by atoms with E-state index in [9.17, 15) is 5.11 Å². The van der Waals surface area contributed by atoms with E-state index in [1.807, 2.05) is 29.6 Å². The zero-order valence-electron chi connectivity index (χ0n) is 8.61. The number of rotatable bonds is 1. The number of aliphatic hydroxyl groups is 1. The van der Waals surface area contributed by atoms with Crippen LogP contribution in [0, 0.1) is 0 Å². The van der Waals surface area contributed by atoms with Gasteiger partial charge in [0.05, 0.1) is 9.90 Å². The van der Waals surface area contributed by atoms with Crippen molar-refractivity contribution in [1.29, 1.82) is 0 Å². The van der Waals surface area contributed by atoms with Gasteiger partial charge in [-0.2, -0.15) is 0 Å². The summed E-state index contributed by atoms with van der Waals surface area (Å²) in [5, 5.41) is 13.4. The van der Waals surface area contributed by atoms with Crippen molar-refractivity contribution in [2.24, 2.45) is 0 Å². The van der Waals surface area contributed by atoms with Crippen molar-refractivity contribution >= 4 is 22.9 Å². The third-order valence-corrected chi connectivity index (χ3v) is 4.70. The lowest BCUT2D eigenvalue weighted by atomic mass is 9.94. The normalized spacial score (nSPS) is 23.4. The van der Waals surface area contributed by atoms with Crippen molar-refractivity contribution in [3.63, 3.8) is 0 Å². The highest BCUT2D eigenvalue weighted by Crippen LogP contribution is 2.46. The number of hydrogen-bond acceptors (Lipinski definition) is 2. The lowest BCUT2D eigenvalue weighted by Crippen LogP contribution is -2.22.